The van der Waals surface area contributed by atoms with Crippen LogP contribution in [-0.2, 0) is 4.74 Å². The van der Waals surface area contributed by atoms with Gasteiger partial charge in [-0.05, 0) is 25.8 Å². The van der Waals surface area contributed by atoms with E-state index >= 15 is 0 Å². The van der Waals surface area contributed by atoms with E-state index in [4.69, 9.17) is 10.5 Å². The number of aromatic nitrogens is 2. The van der Waals surface area contributed by atoms with Crippen LogP contribution in [0.2, 0.25) is 0 Å². The number of nitrogen functional groups attached to an aromatic ring is 1. The molecule has 3 rings (SSSR count). The van der Waals surface area contributed by atoms with Gasteiger partial charge in [0.25, 0.3) is 5.91 Å². The van der Waals surface area contributed by atoms with Gasteiger partial charge in [0, 0.05) is 18.5 Å². The Morgan fingerprint density at radius 3 is 2.76 bits per heavy atom. The predicted octanol–water partition coefficient (Wildman–Crippen LogP) is 1.85. The molecule has 0 saturated carbocycles. The van der Waals surface area contributed by atoms with Crippen LogP contribution in [-0.4, -0.2) is 52.8 Å². The molecule has 0 spiro atoms. The van der Waals surface area contributed by atoms with Crippen molar-refractivity contribution in [1.29, 1.82) is 0 Å². The van der Waals surface area contributed by atoms with Crippen molar-refractivity contribution in [2.75, 3.05) is 25.4 Å². The molecule has 1 fully saturated rings. The summed E-state index contributed by atoms with van der Waals surface area (Å²) < 4.78 is 4.97. The van der Waals surface area contributed by atoms with E-state index in [2.05, 4.69) is 15.5 Å². The number of amides is 2. The third-order valence-electron chi connectivity index (χ3n) is 4.26. The van der Waals surface area contributed by atoms with Gasteiger partial charge in [-0.3, -0.25) is 4.79 Å². The molecule has 2 aromatic heterocycles. The zero-order chi connectivity index (χ0) is 18.1. The molecule has 134 valence electrons. The number of nitrogens with two attached hydrogens (primary N) is 1. The normalized spacial score (nSPS) is 14.4. The van der Waals surface area contributed by atoms with Gasteiger partial charge < -0.3 is 20.7 Å². The van der Waals surface area contributed by atoms with E-state index in [0.717, 1.165) is 23.1 Å². The lowest BCUT2D eigenvalue weighted by Gasteiger charge is -2.39. The summed E-state index contributed by atoms with van der Waals surface area (Å²) in [6.07, 6.45) is 0.331. The molecule has 1 aliphatic heterocycles. The van der Waals surface area contributed by atoms with Crippen LogP contribution in [0.4, 0.5) is 10.5 Å². The molecule has 0 unspecified atom stereocenters. The number of thiophene rings is 1. The molecule has 2 amide bonds. The predicted molar refractivity (Wildman–Crippen MR) is 95.8 cm³/mol. The molecule has 9 heteroatoms. The molecule has 0 aromatic carbocycles. The number of likely N-dealkylation sites (tertiary alicyclic amines) is 1. The number of alkyl carbamates (subject to hydrolysis) is 1. The summed E-state index contributed by atoms with van der Waals surface area (Å²) >= 11 is 1.26. The first-order valence-electron chi connectivity index (χ1n) is 8.16. The summed E-state index contributed by atoms with van der Waals surface area (Å²) in [5, 5.41) is 11.8. The van der Waals surface area contributed by atoms with Crippen molar-refractivity contribution in [3.05, 3.63) is 16.1 Å². The van der Waals surface area contributed by atoms with Crippen LogP contribution < -0.4 is 11.1 Å². The van der Waals surface area contributed by atoms with Gasteiger partial charge in [-0.2, -0.15) is 5.10 Å². The molecule has 25 heavy (non-hydrogen) atoms. The maximum atomic E-state index is 12.7. The standard InChI is InChI=1S/C16H21N5O3S/c1-4-5-24-16(23)18-10-6-21(7-10)15(22)13-12(17)11-8(2)9(3)19-20-14(11)25-13/h10H,4-7,17H2,1-3H3,(H,18,23). The summed E-state index contributed by atoms with van der Waals surface area (Å²) in [4.78, 5) is 27.0. The molecule has 3 N–H and O–H groups in total. The Hall–Kier alpha value is -2.42. The summed E-state index contributed by atoms with van der Waals surface area (Å²) in [7, 11) is 0. The summed E-state index contributed by atoms with van der Waals surface area (Å²) in [5.41, 5.74) is 8.40. The Morgan fingerprint density at radius 2 is 2.08 bits per heavy atom. The van der Waals surface area contributed by atoms with Gasteiger partial charge in [-0.25, -0.2) is 4.79 Å². The molecular formula is C16H21N5O3S. The number of aryl methyl sites for hydroxylation is 2. The molecule has 1 saturated heterocycles. The Balaban J connectivity index is 1.67. The number of nitrogens with one attached hydrogen (secondary N) is 1. The third-order valence-corrected chi connectivity index (χ3v) is 5.34. The smallest absolute Gasteiger partial charge is 0.407 e. The van der Waals surface area contributed by atoms with Gasteiger partial charge in [0.1, 0.15) is 9.71 Å². The van der Waals surface area contributed by atoms with Gasteiger partial charge in [-0.1, -0.05) is 6.92 Å². The highest BCUT2D eigenvalue weighted by atomic mass is 32.1. The number of rotatable bonds is 4. The van der Waals surface area contributed by atoms with Crippen LogP contribution in [0.25, 0.3) is 10.2 Å². The van der Waals surface area contributed by atoms with Crippen LogP contribution >= 0.6 is 11.3 Å². The number of nitrogens with zero attached hydrogens (tertiary/aromatic N) is 3. The molecule has 1 aliphatic rings. The lowest BCUT2D eigenvalue weighted by atomic mass is 10.1. The van der Waals surface area contributed by atoms with Crippen molar-refractivity contribution in [1.82, 2.24) is 20.4 Å². The fourth-order valence-corrected chi connectivity index (χ4v) is 3.75. The molecule has 0 atom stereocenters. The Bertz CT molecular complexity index is 829. The number of hydrogen-bond donors (Lipinski definition) is 2. The van der Waals surface area contributed by atoms with Gasteiger partial charge in [0.05, 0.1) is 24.0 Å². The maximum Gasteiger partial charge on any atom is 0.407 e. The summed E-state index contributed by atoms with van der Waals surface area (Å²) in [6.45, 7) is 6.99. The minimum absolute atomic E-state index is 0.0901. The summed E-state index contributed by atoms with van der Waals surface area (Å²) in [5.74, 6) is -0.141. The number of anilines is 1. The van der Waals surface area contributed by atoms with Crippen molar-refractivity contribution in [2.45, 2.75) is 33.2 Å². The number of carbonyl (C=O) groups is 2. The van der Waals surface area contributed by atoms with Crippen LogP contribution in [0.1, 0.15) is 34.3 Å². The van der Waals surface area contributed by atoms with Gasteiger partial charge in [-0.15, -0.1) is 16.4 Å². The van der Waals surface area contributed by atoms with Crippen molar-refractivity contribution < 1.29 is 14.3 Å². The van der Waals surface area contributed by atoms with Gasteiger partial charge in [0.2, 0.25) is 0 Å². The zero-order valence-corrected chi connectivity index (χ0v) is 15.3. The van der Waals surface area contributed by atoms with E-state index < -0.39 is 6.09 Å². The molecule has 3 heterocycles. The largest absolute Gasteiger partial charge is 0.450 e. The molecular weight excluding hydrogens is 342 g/mol. The first-order valence-corrected chi connectivity index (χ1v) is 8.98. The van der Waals surface area contributed by atoms with E-state index in [1.165, 1.54) is 11.3 Å². The second-order valence-electron chi connectivity index (χ2n) is 6.12. The Labute approximate surface area is 149 Å². The Morgan fingerprint density at radius 1 is 1.36 bits per heavy atom. The average molecular weight is 363 g/mol. The van der Waals surface area contributed by atoms with Crippen LogP contribution in [0.15, 0.2) is 0 Å². The van der Waals surface area contributed by atoms with Gasteiger partial charge in [0.15, 0.2) is 0 Å². The fraction of sp³-hybridized carbons (Fsp3) is 0.500. The van der Waals surface area contributed by atoms with Crippen molar-refractivity contribution in [3.63, 3.8) is 0 Å². The highest BCUT2D eigenvalue weighted by Gasteiger charge is 2.34. The van der Waals surface area contributed by atoms with Crippen molar-refractivity contribution >= 4 is 39.2 Å². The average Bonchev–Trinajstić information content (AvgIpc) is 2.89. The SMILES string of the molecule is CCCOC(=O)NC1CN(C(=O)c2sc3nnc(C)c(C)c3c2N)C1. The molecule has 0 radical (unpaired) electrons. The van der Waals surface area contributed by atoms with Gasteiger partial charge >= 0.3 is 6.09 Å². The van der Waals surface area contributed by atoms with E-state index in [0.29, 0.717) is 35.1 Å². The first kappa shape index (κ1) is 17.4. The van der Waals surface area contributed by atoms with E-state index in [1.807, 2.05) is 20.8 Å². The lowest BCUT2D eigenvalue weighted by Crippen LogP contribution is -2.61. The first-order chi connectivity index (χ1) is 11.9. The molecule has 2 aromatic rings. The number of fused-ring (bicyclic) bond motifs is 1. The van der Waals surface area contributed by atoms with E-state index in [-0.39, 0.29) is 11.9 Å². The van der Waals surface area contributed by atoms with E-state index in [1.54, 1.807) is 4.90 Å². The minimum atomic E-state index is -0.443. The maximum absolute atomic E-state index is 12.7. The zero-order valence-electron chi connectivity index (χ0n) is 14.5. The van der Waals surface area contributed by atoms with Crippen molar-refractivity contribution in [2.24, 2.45) is 0 Å². The van der Waals surface area contributed by atoms with Crippen LogP contribution in [0.3, 0.4) is 0 Å². The Kier molecular flexibility index (Phi) is 4.76. The van der Waals surface area contributed by atoms with Crippen molar-refractivity contribution in [3.8, 4) is 0 Å². The molecule has 0 aliphatic carbocycles. The summed E-state index contributed by atoms with van der Waals surface area (Å²) in [6, 6.07) is -0.0901. The molecule has 0 bridgehead atoms. The highest BCUT2D eigenvalue weighted by molar-refractivity contribution is 7.21. The highest BCUT2D eigenvalue weighted by Crippen LogP contribution is 2.36. The number of ether oxygens (including phenoxy) is 1. The van der Waals surface area contributed by atoms with Crippen LogP contribution in [0.5, 0.6) is 0 Å². The lowest BCUT2D eigenvalue weighted by molar-refractivity contribution is 0.0555. The van der Waals surface area contributed by atoms with E-state index in [9.17, 15) is 9.59 Å². The number of carbonyl (C=O) groups excluding carboxylic acids is 2. The minimum Gasteiger partial charge on any atom is -0.450 e. The quantitative estimate of drug-likeness (QED) is 0.858. The fourth-order valence-electron chi connectivity index (χ4n) is 2.68. The second kappa shape index (κ2) is 6.83. The molecule has 8 nitrogen and oxygen atoms in total. The van der Waals surface area contributed by atoms with Crippen LogP contribution in [0, 0.1) is 13.8 Å². The second-order valence-corrected chi connectivity index (χ2v) is 7.12. The topological polar surface area (TPSA) is 110 Å². The monoisotopic (exact) mass is 363 g/mol. The third kappa shape index (κ3) is 3.23. The number of hydrogen-bond acceptors (Lipinski definition) is 7.